The molecule has 0 saturated heterocycles. The van der Waals surface area contributed by atoms with Crippen molar-refractivity contribution in [2.75, 3.05) is 11.9 Å². The van der Waals surface area contributed by atoms with Crippen LogP contribution in [0.5, 0.6) is 5.75 Å². The number of amides is 1. The van der Waals surface area contributed by atoms with E-state index >= 15 is 0 Å². The molecule has 172 valence electrons. The minimum Gasteiger partial charge on any atom is -0.493 e. The van der Waals surface area contributed by atoms with E-state index in [1.165, 1.54) is 17.3 Å². The van der Waals surface area contributed by atoms with Gasteiger partial charge in [-0.1, -0.05) is 67.6 Å². The maximum atomic E-state index is 13.1. The van der Waals surface area contributed by atoms with Crippen LogP contribution >= 0.6 is 11.8 Å². The van der Waals surface area contributed by atoms with E-state index in [0.717, 1.165) is 16.9 Å². The van der Waals surface area contributed by atoms with E-state index in [4.69, 9.17) is 4.74 Å². The second-order valence-corrected chi connectivity index (χ2v) is 9.82. The van der Waals surface area contributed by atoms with Crippen molar-refractivity contribution in [2.24, 2.45) is 13.0 Å². The second kappa shape index (κ2) is 9.83. The molecule has 1 amide bonds. The highest BCUT2D eigenvalue weighted by Crippen LogP contribution is 2.36. The molecule has 0 aliphatic carbocycles. The van der Waals surface area contributed by atoms with Crippen LogP contribution in [0, 0.1) is 12.8 Å². The van der Waals surface area contributed by atoms with Crippen molar-refractivity contribution in [3.63, 3.8) is 0 Å². The predicted molar refractivity (Wildman–Crippen MR) is 132 cm³/mol. The van der Waals surface area contributed by atoms with Crippen LogP contribution in [0.4, 0.5) is 5.82 Å². The normalized spacial score (nSPS) is 15.3. The number of nitrogens with zero attached hydrogens (tertiary/aromatic N) is 2. The summed E-state index contributed by atoms with van der Waals surface area (Å²) in [6.45, 7) is 6.89. The standard InChI is InChI=1S/C26H29N3O3S/c1-16(2)14-32-20-10-8-19(9-11-20)21-13-22(30)27-24-23(21)25(31)28-26(29(24)4)33-15-18-7-5-6-17(3)12-18/h5-12,16,21H,13-15H2,1-4H3,(H,27,30). The Bertz CT molecular complexity index is 1220. The molecule has 1 aliphatic heterocycles. The predicted octanol–water partition coefficient (Wildman–Crippen LogP) is 4.89. The van der Waals surface area contributed by atoms with Crippen LogP contribution in [0.15, 0.2) is 58.5 Å². The molecule has 0 bridgehead atoms. The summed E-state index contributed by atoms with van der Waals surface area (Å²) < 4.78 is 7.59. The lowest BCUT2D eigenvalue weighted by Crippen LogP contribution is -2.33. The van der Waals surface area contributed by atoms with E-state index in [9.17, 15) is 9.59 Å². The van der Waals surface area contributed by atoms with Crippen molar-refractivity contribution in [3.8, 4) is 5.75 Å². The van der Waals surface area contributed by atoms with Gasteiger partial charge >= 0.3 is 0 Å². The Morgan fingerprint density at radius 3 is 2.64 bits per heavy atom. The summed E-state index contributed by atoms with van der Waals surface area (Å²) in [5, 5.41) is 3.49. The van der Waals surface area contributed by atoms with Crippen LogP contribution in [0.25, 0.3) is 0 Å². The first-order valence-electron chi connectivity index (χ1n) is 11.1. The molecule has 4 rings (SSSR count). The van der Waals surface area contributed by atoms with Gasteiger partial charge < -0.3 is 14.6 Å². The SMILES string of the molecule is Cc1cccc(CSc2nc(=O)c3c(n2C)NC(=O)CC3c2ccc(OCC(C)C)cc2)c1. The molecule has 0 saturated carbocycles. The number of nitrogens with one attached hydrogen (secondary N) is 1. The number of aryl methyl sites for hydroxylation is 1. The molecule has 0 fully saturated rings. The highest BCUT2D eigenvalue weighted by molar-refractivity contribution is 7.98. The number of ether oxygens (including phenoxy) is 1. The average molecular weight is 464 g/mol. The lowest BCUT2D eigenvalue weighted by atomic mass is 9.87. The highest BCUT2D eigenvalue weighted by Gasteiger charge is 2.32. The zero-order valence-corrected chi connectivity index (χ0v) is 20.2. The van der Waals surface area contributed by atoms with E-state index in [0.29, 0.717) is 34.8 Å². The molecule has 2 aromatic carbocycles. The van der Waals surface area contributed by atoms with Gasteiger partial charge in [-0.25, -0.2) is 0 Å². The Hall–Kier alpha value is -3.06. The van der Waals surface area contributed by atoms with E-state index in [1.807, 2.05) is 41.9 Å². The molecule has 1 unspecified atom stereocenters. The number of aromatic nitrogens is 2. The average Bonchev–Trinajstić information content (AvgIpc) is 2.79. The number of anilines is 1. The Balaban J connectivity index is 1.62. The molecular weight excluding hydrogens is 434 g/mol. The van der Waals surface area contributed by atoms with E-state index in [2.05, 4.69) is 49.3 Å². The number of rotatable bonds is 7. The summed E-state index contributed by atoms with van der Waals surface area (Å²) in [5.74, 6) is 1.99. The molecule has 1 N–H and O–H groups in total. The topological polar surface area (TPSA) is 73.2 Å². The first-order chi connectivity index (χ1) is 15.8. The first-order valence-corrected chi connectivity index (χ1v) is 12.1. The maximum absolute atomic E-state index is 13.1. The third-order valence-electron chi connectivity index (χ3n) is 5.62. The molecule has 7 heteroatoms. The third kappa shape index (κ3) is 5.30. The smallest absolute Gasteiger partial charge is 0.279 e. The quantitative estimate of drug-likeness (QED) is 0.399. The summed E-state index contributed by atoms with van der Waals surface area (Å²) in [5.41, 5.74) is 3.50. The minimum absolute atomic E-state index is 0.108. The fraction of sp³-hybridized carbons (Fsp3) is 0.346. The summed E-state index contributed by atoms with van der Waals surface area (Å²) in [4.78, 5) is 30.1. The summed E-state index contributed by atoms with van der Waals surface area (Å²) >= 11 is 1.49. The van der Waals surface area contributed by atoms with Gasteiger partial charge in [0.05, 0.1) is 12.2 Å². The minimum atomic E-state index is -0.338. The fourth-order valence-electron chi connectivity index (χ4n) is 3.96. The lowest BCUT2D eigenvalue weighted by Gasteiger charge is -2.27. The number of fused-ring (bicyclic) bond motifs is 1. The van der Waals surface area contributed by atoms with Gasteiger partial charge in [0.15, 0.2) is 5.16 Å². The van der Waals surface area contributed by atoms with Crippen LogP contribution in [-0.4, -0.2) is 22.1 Å². The second-order valence-electron chi connectivity index (χ2n) is 8.88. The van der Waals surface area contributed by atoms with Crippen molar-refractivity contribution in [3.05, 3.63) is 81.1 Å². The molecule has 3 aromatic rings. The van der Waals surface area contributed by atoms with Gasteiger partial charge in [-0.15, -0.1) is 0 Å². The number of hydrogen-bond acceptors (Lipinski definition) is 5. The first kappa shape index (κ1) is 23.1. The number of benzene rings is 2. The number of hydrogen-bond donors (Lipinski definition) is 1. The number of carbonyl (C=O) groups excluding carboxylic acids is 1. The van der Waals surface area contributed by atoms with Crippen molar-refractivity contribution < 1.29 is 9.53 Å². The Labute approximate surface area is 198 Å². The van der Waals surface area contributed by atoms with Crippen molar-refractivity contribution in [1.29, 1.82) is 0 Å². The van der Waals surface area contributed by atoms with E-state index < -0.39 is 0 Å². The number of carbonyl (C=O) groups is 1. The zero-order chi connectivity index (χ0) is 23.5. The zero-order valence-electron chi connectivity index (χ0n) is 19.4. The van der Waals surface area contributed by atoms with E-state index in [1.54, 1.807) is 0 Å². The van der Waals surface area contributed by atoms with Crippen molar-refractivity contribution in [1.82, 2.24) is 9.55 Å². The Morgan fingerprint density at radius 2 is 1.94 bits per heavy atom. The molecule has 1 aromatic heterocycles. The van der Waals surface area contributed by atoms with Crippen LogP contribution in [0.1, 0.15) is 48.4 Å². The van der Waals surface area contributed by atoms with Gasteiger partial charge in [-0.3, -0.25) is 9.59 Å². The van der Waals surface area contributed by atoms with Gasteiger partial charge in [0.2, 0.25) is 5.91 Å². The van der Waals surface area contributed by atoms with Gasteiger partial charge in [0.25, 0.3) is 5.56 Å². The van der Waals surface area contributed by atoms with Crippen LogP contribution in [-0.2, 0) is 17.6 Å². The molecule has 33 heavy (non-hydrogen) atoms. The Kier molecular flexibility index (Phi) is 6.88. The molecular formula is C26H29N3O3S. The van der Waals surface area contributed by atoms with Gasteiger partial charge in [0.1, 0.15) is 11.6 Å². The van der Waals surface area contributed by atoms with Crippen LogP contribution < -0.4 is 15.6 Å². The largest absolute Gasteiger partial charge is 0.493 e. The van der Waals surface area contributed by atoms with Crippen LogP contribution in [0.3, 0.4) is 0 Å². The van der Waals surface area contributed by atoms with Crippen molar-refractivity contribution >= 4 is 23.5 Å². The summed E-state index contributed by atoms with van der Waals surface area (Å²) in [6, 6.07) is 15.9. The monoisotopic (exact) mass is 463 g/mol. The van der Waals surface area contributed by atoms with E-state index in [-0.39, 0.29) is 23.8 Å². The van der Waals surface area contributed by atoms with Gasteiger partial charge in [0, 0.05) is 25.1 Å². The molecule has 0 spiro atoms. The summed E-state index contributed by atoms with van der Waals surface area (Å²) in [6.07, 6.45) is 0.214. The van der Waals surface area contributed by atoms with Gasteiger partial charge in [-0.2, -0.15) is 4.98 Å². The Morgan fingerprint density at radius 1 is 1.18 bits per heavy atom. The maximum Gasteiger partial charge on any atom is 0.279 e. The fourth-order valence-corrected chi connectivity index (χ4v) is 4.87. The number of thioether (sulfide) groups is 1. The molecule has 6 nitrogen and oxygen atoms in total. The molecule has 2 heterocycles. The molecule has 0 radical (unpaired) electrons. The van der Waals surface area contributed by atoms with Crippen LogP contribution in [0.2, 0.25) is 0 Å². The van der Waals surface area contributed by atoms with Gasteiger partial charge in [-0.05, 0) is 36.1 Å². The summed E-state index contributed by atoms with van der Waals surface area (Å²) in [7, 11) is 1.84. The highest BCUT2D eigenvalue weighted by atomic mass is 32.2. The lowest BCUT2D eigenvalue weighted by molar-refractivity contribution is -0.116. The van der Waals surface area contributed by atoms with Crippen molar-refractivity contribution in [2.45, 2.75) is 44.0 Å². The molecule has 1 atom stereocenters. The molecule has 1 aliphatic rings. The third-order valence-corrected chi connectivity index (χ3v) is 6.72.